The van der Waals surface area contributed by atoms with E-state index in [0.29, 0.717) is 12.4 Å². The third kappa shape index (κ3) is 6.30. The van der Waals surface area contributed by atoms with Crippen molar-refractivity contribution in [1.82, 2.24) is 15.6 Å². The average molecular weight is 470 g/mol. The summed E-state index contributed by atoms with van der Waals surface area (Å²) in [4.78, 5) is 8.61. The van der Waals surface area contributed by atoms with Crippen LogP contribution in [0.4, 0.5) is 0 Å². The summed E-state index contributed by atoms with van der Waals surface area (Å²) in [5, 5.41) is 6.64. The minimum absolute atomic E-state index is 0. The van der Waals surface area contributed by atoms with Crippen molar-refractivity contribution in [3.8, 4) is 0 Å². The first-order valence-corrected chi connectivity index (χ1v) is 8.67. The van der Waals surface area contributed by atoms with Crippen LogP contribution in [0.3, 0.4) is 0 Å². The molecule has 0 spiro atoms. The fourth-order valence-corrected chi connectivity index (χ4v) is 2.41. The molecule has 0 amide bonds. The van der Waals surface area contributed by atoms with Crippen LogP contribution >= 0.6 is 24.0 Å². The van der Waals surface area contributed by atoms with Gasteiger partial charge in [0.15, 0.2) is 5.96 Å². The van der Waals surface area contributed by atoms with Gasteiger partial charge in [-0.05, 0) is 5.56 Å². The Hall–Kier alpha value is -1.57. The summed E-state index contributed by atoms with van der Waals surface area (Å²) >= 11 is 0. The first kappa shape index (κ1) is 22.5. The van der Waals surface area contributed by atoms with Crippen molar-refractivity contribution < 1.29 is 4.42 Å². The fraction of sp³-hybridized carbons (Fsp3) is 0.500. The van der Waals surface area contributed by atoms with Gasteiger partial charge in [-0.3, -0.25) is 4.99 Å². The van der Waals surface area contributed by atoms with E-state index in [0.717, 1.165) is 18.3 Å². The van der Waals surface area contributed by atoms with Gasteiger partial charge in [0.05, 0.1) is 12.7 Å². The van der Waals surface area contributed by atoms with Crippen LogP contribution in [-0.4, -0.2) is 24.5 Å². The Morgan fingerprint density at radius 2 is 1.73 bits per heavy atom. The van der Waals surface area contributed by atoms with E-state index in [1.165, 1.54) is 5.56 Å². The Balaban J connectivity index is 0.00000338. The van der Waals surface area contributed by atoms with E-state index in [4.69, 9.17) is 4.42 Å². The average Bonchev–Trinajstić information content (AvgIpc) is 3.05. The minimum Gasteiger partial charge on any atom is -0.443 e. The number of hydrogen-bond acceptors (Lipinski definition) is 3. The zero-order chi connectivity index (χ0) is 18.5. The molecule has 2 aromatic rings. The molecular weight excluding hydrogens is 439 g/mol. The molecule has 0 bridgehead atoms. The first-order valence-electron chi connectivity index (χ1n) is 8.67. The van der Waals surface area contributed by atoms with E-state index in [1.807, 2.05) is 6.07 Å². The van der Waals surface area contributed by atoms with Gasteiger partial charge >= 0.3 is 0 Å². The highest BCUT2D eigenvalue weighted by Gasteiger charge is 2.21. The van der Waals surface area contributed by atoms with Gasteiger partial charge in [0.25, 0.3) is 0 Å². The van der Waals surface area contributed by atoms with E-state index in [2.05, 4.69) is 79.5 Å². The number of aromatic nitrogens is 1. The van der Waals surface area contributed by atoms with Crippen molar-refractivity contribution in [3.63, 3.8) is 0 Å². The number of rotatable bonds is 5. The summed E-state index contributed by atoms with van der Waals surface area (Å²) in [6.07, 6.45) is 1.80. The maximum atomic E-state index is 5.80. The molecule has 2 rings (SSSR count). The molecule has 0 radical (unpaired) electrons. The normalized spacial score (nSPS) is 12.5. The molecule has 26 heavy (non-hydrogen) atoms. The smallest absolute Gasteiger partial charge is 0.213 e. The monoisotopic (exact) mass is 470 g/mol. The van der Waals surface area contributed by atoms with Gasteiger partial charge in [-0.15, -0.1) is 24.0 Å². The third-order valence-corrected chi connectivity index (χ3v) is 4.18. The highest BCUT2D eigenvalue weighted by molar-refractivity contribution is 14.0. The minimum atomic E-state index is -0.0368. The van der Waals surface area contributed by atoms with Crippen LogP contribution in [0.2, 0.25) is 0 Å². The molecule has 0 aliphatic carbocycles. The van der Waals surface area contributed by atoms with E-state index in [9.17, 15) is 0 Å². The van der Waals surface area contributed by atoms with Crippen LogP contribution in [-0.2, 0) is 17.4 Å². The lowest BCUT2D eigenvalue weighted by atomic mass is 9.85. The number of halogens is 1. The predicted octanol–water partition coefficient (Wildman–Crippen LogP) is 4.23. The summed E-state index contributed by atoms with van der Waals surface area (Å²) in [6, 6.07) is 10.5. The molecule has 0 fully saturated rings. The number of nitrogens with one attached hydrogen (secondary N) is 2. The molecular formula is C20H31IN4O. The van der Waals surface area contributed by atoms with Gasteiger partial charge in [-0.25, -0.2) is 4.98 Å². The molecule has 1 aromatic heterocycles. The number of benzene rings is 1. The summed E-state index contributed by atoms with van der Waals surface area (Å²) in [7, 11) is 1.76. The van der Waals surface area contributed by atoms with Crippen LogP contribution in [0.25, 0.3) is 0 Å². The van der Waals surface area contributed by atoms with E-state index >= 15 is 0 Å². The van der Waals surface area contributed by atoms with Crippen LogP contribution in [0, 0.1) is 0 Å². The number of aliphatic imine (C=N–C) groups is 1. The second-order valence-electron chi connectivity index (χ2n) is 7.90. The van der Waals surface area contributed by atoms with Crippen molar-refractivity contribution in [2.75, 3.05) is 13.6 Å². The van der Waals surface area contributed by atoms with Gasteiger partial charge in [0.2, 0.25) is 5.89 Å². The van der Waals surface area contributed by atoms with E-state index in [1.54, 1.807) is 13.2 Å². The molecule has 0 saturated heterocycles. The Morgan fingerprint density at radius 1 is 1.08 bits per heavy atom. The molecule has 1 aromatic carbocycles. The predicted molar refractivity (Wildman–Crippen MR) is 118 cm³/mol. The molecule has 1 heterocycles. The molecule has 2 N–H and O–H groups in total. The van der Waals surface area contributed by atoms with Gasteiger partial charge < -0.3 is 15.1 Å². The zero-order valence-electron chi connectivity index (χ0n) is 16.6. The Morgan fingerprint density at radius 3 is 2.27 bits per heavy atom. The number of guanidine groups is 1. The highest BCUT2D eigenvalue weighted by atomic mass is 127. The van der Waals surface area contributed by atoms with Crippen molar-refractivity contribution in [2.45, 2.75) is 52.0 Å². The Bertz CT molecular complexity index is 702. The van der Waals surface area contributed by atoms with Crippen LogP contribution in [0.1, 0.15) is 51.8 Å². The molecule has 0 unspecified atom stereocenters. The summed E-state index contributed by atoms with van der Waals surface area (Å²) < 4.78 is 5.80. The van der Waals surface area contributed by atoms with Crippen molar-refractivity contribution in [2.24, 2.45) is 4.99 Å². The molecule has 0 saturated carbocycles. The zero-order valence-corrected chi connectivity index (χ0v) is 18.9. The second kappa shape index (κ2) is 9.39. The number of hydrogen-bond donors (Lipinski definition) is 2. The molecule has 6 heteroatoms. The van der Waals surface area contributed by atoms with Crippen molar-refractivity contribution >= 4 is 29.9 Å². The third-order valence-electron chi connectivity index (χ3n) is 4.18. The molecule has 0 aliphatic rings. The van der Waals surface area contributed by atoms with Crippen LogP contribution in [0.5, 0.6) is 0 Å². The van der Waals surface area contributed by atoms with Crippen LogP contribution < -0.4 is 10.6 Å². The quantitative estimate of drug-likeness (QED) is 0.390. The highest BCUT2D eigenvalue weighted by Crippen LogP contribution is 2.23. The molecule has 0 aliphatic heterocycles. The molecule has 5 nitrogen and oxygen atoms in total. The maximum absolute atomic E-state index is 5.80. The summed E-state index contributed by atoms with van der Waals surface area (Å²) in [5.74, 6) is 2.28. The Labute approximate surface area is 174 Å². The lowest BCUT2D eigenvalue weighted by molar-refractivity contribution is 0.379. The van der Waals surface area contributed by atoms with Gasteiger partial charge in [-0.2, -0.15) is 0 Å². The van der Waals surface area contributed by atoms with Crippen molar-refractivity contribution in [3.05, 3.63) is 53.7 Å². The Kier molecular flexibility index (Phi) is 8.12. The van der Waals surface area contributed by atoms with Crippen LogP contribution in [0.15, 0.2) is 45.9 Å². The topological polar surface area (TPSA) is 62.5 Å². The summed E-state index contributed by atoms with van der Waals surface area (Å²) in [5.41, 5.74) is 1.26. The lowest BCUT2D eigenvalue weighted by Gasteiger charge is -2.26. The maximum Gasteiger partial charge on any atom is 0.213 e. The number of oxazole rings is 1. The molecule has 0 atom stereocenters. The second-order valence-corrected chi connectivity index (χ2v) is 7.90. The summed E-state index contributed by atoms with van der Waals surface area (Å²) in [6.45, 7) is 12.0. The first-order chi connectivity index (χ1) is 11.7. The fourth-order valence-electron chi connectivity index (χ4n) is 2.41. The van der Waals surface area contributed by atoms with Gasteiger partial charge in [0.1, 0.15) is 5.76 Å². The van der Waals surface area contributed by atoms with Gasteiger partial charge in [-0.1, -0.05) is 65.0 Å². The van der Waals surface area contributed by atoms with E-state index in [-0.39, 0.29) is 34.8 Å². The van der Waals surface area contributed by atoms with Crippen molar-refractivity contribution in [1.29, 1.82) is 0 Å². The standard InChI is InChI=1S/C20H30N4O.HI/c1-19(2,3)16-12-22-17(25-16)13-23-18(21-6)24-14-20(4,5)15-10-8-7-9-11-15;/h7-12H,13-14H2,1-6H3,(H2,21,23,24);1H. The SMILES string of the molecule is CN=C(NCc1ncc(C(C)(C)C)o1)NCC(C)(C)c1ccccc1.I. The largest absolute Gasteiger partial charge is 0.443 e. The van der Waals surface area contributed by atoms with Gasteiger partial charge in [0, 0.05) is 24.4 Å². The molecule has 144 valence electrons. The van der Waals surface area contributed by atoms with E-state index < -0.39 is 0 Å². The number of nitrogens with zero attached hydrogens (tertiary/aromatic N) is 2. The lowest BCUT2D eigenvalue weighted by Crippen LogP contribution is -2.43.